The van der Waals surface area contributed by atoms with E-state index < -0.39 is 5.92 Å². The monoisotopic (exact) mass is 435 g/mol. The number of carbonyl (C=O) groups is 3. The molecule has 3 rings (SSSR count). The van der Waals surface area contributed by atoms with E-state index in [4.69, 9.17) is 0 Å². The van der Waals surface area contributed by atoms with Crippen LogP contribution in [-0.4, -0.2) is 37.4 Å². The van der Waals surface area contributed by atoms with Crippen LogP contribution < -0.4 is 15.5 Å². The Morgan fingerprint density at radius 2 is 1.74 bits per heavy atom. The molecule has 1 aliphatic heterocycles. The summed E-state index contributed by atoms with van der Waals surface area (Å²) < 4.78 is 0.898. The van der Waals surface area contributed by atoms with Gasteiger partial charge in [-0.05, 0) is 37.5 Å². The molecular formula is C20H26BrN3O3. The van der Waals surface area contributed by atoms with Gasteiger partial charge in [-0.2, -0.15) is 0 Å². The molecule has 1 saturated heterocycles. The van der Waals surface area contributed by atoms with E-state index in [-0.39, 0.29) is 23.6 Å². The minimum absolute atomic E-state index is 0.0849. The molecule has 0 radical (unpaired) electrons. The van der Waals surface area contributed by atoms with Crippen LogP contribution in [0.5, 0.6) is 0 Å². The molecular weight excluding hydrogens is 410 g/mol. The third kappa shape index (κ3) is 5.09. The molecule has 1 heterocycles. The Morgan fingerprint density at radius 1 is 1.04 bits per heavy atom. The fraction of sp³-hybridized carbons (Fsp3) is 0.550. The Morgan fingerprint density at radius 3 is 2.44 bits per heavy atom. The van der Waals surface area contributed by atoms with Gasteiger partial charge in [-0.1, -0.05) is 41.3 Å². The number of rotatable bonds is 6. The first-order valence-corrected chi connectivity index (χ1v) is 10.5. The van der Waals surface area contributed by atoms with E-state index in [0.29, 0.717) is 26.1 Å². The number of halogens is 1. The van der Waals surface area contributed by atoms with Crippen molar-refractivity contribution in [2.75, 3.05) is 24.5 Å². The summed E-state index contributed by atoms with van der Waals surface area (Å²) in [5.41, 5.74) is 0.796. The quantitative estimate of drug-likeness (QED) is 0.532. The predicted octanol–water partition coefficient (Wildman–Crippen LogP) is 2.61. The Kier molecular flexibility index (Phi) is 6.88. The third-order valence-electron chi connectivity index (χ3n) is 5.34. The molecule has 2 aliphatic rings. The minimum Gasteiger partial charge on any atom is -0.354 e. The first-order valence-electron chi connectivity index (χ1n) is 9.68. The van der Waals surface area contributed by atoms with Gasteiger partial charge in [0.1, 0.15) is 5.92 Å². The van der Waals surface area contributed by atoms with Crippen LogP contribution in [0.25, 0.3) is 0 Å². The highest BCUT2D eigenvalue weighted by Crippen LogP contribution is 2.27. The van der Waals surface area contributed by atoms with Gasteiger partial charge >= 0.3 is 0 Å². The Bertz CT molecular complexity index is 703. The first kappa shape index (κ1) is 19.9. The van der Waals surface area contributed by atoms with Crippen molar-refractivity contribution in [2.45, 2.75) is 38.5 Å². The fourth-order valence-electron chi connectivity index (χ4n) is 3.83. The van der Waals surface area contributed by atoms with E-state index in [0.717, 1.165) is 35.8 Å². The lowest BCUT2D eigenvalue weighted by atomic mass is 9.89. The number of carbonyl (C=O) groups excluding carboxylic acids is 3. The van der Waals surface area contributed by atoms with E-state index >= 15 is 0 Å². The second-order valence-electron chi connectivity index (χ2n) is 7.23. The molecule has 2 fully saturated rings. The normalized spacial score (nSPS) is 20.6. The lowest BCUT2D eigenvalue weighted by Gasteiger charge is -2.20. The van der Waals surface area contributed by atoms with E-state index in [9.17, 15) is 14.4 Å². The molecule has 1 saturated carbocycles. The Balaban J connectivity index is 1.42. The summed E-state index contributed by atoms with van der Waals surface area (Å²) in [6.07, 6.45) is 5.87. The second kappa shape index (κ2) is 9.35. The van der Waals surface area contributed by atoms with Gasteiger partial charge in [0, 0.05) is 35.7 Å². The van der Waals surface area contributed by atoms with Crippen molar-refractivity contribution in [3.63, 3.8) is 0 Å². The molecule has 1 aromatic rings. The smallest absolute Gasteiger partial charge is 0.239 e. The van der Waals surface area contributed by atoms with Gasteiger partial charge in [-0.3, -0.25) is 14.4 Å². The Labute approximate surface area is 168 Å². The molecule has 0 aromatic heterocycles. The van der Waals surface area contributed by atoms with Crippen LogP contribution in [0.4, 0.5) is 5.69 Å². The number of amides is 3. The molecule has 7 heteroatoms. The number of benzene rings is 1. The van der Waals surface area contributed by atoms with Crippen molar-refractivity contribution < 1.29 is 14.4 Å². The van der Waals surface area contributed by atoms with Gasteiger partial charge in [0.25, 0.3) is 0 Å². The summed E-state index contributed by atoms with van der Waals surface area (Å²) in [7, 11) is 0. The molecule has 27 heavy (non-hydrogen) atoms. The summed E-state index contributed by atoms with van der Waals surface area (Å²) in [5, 5.41) is 5.68. The van der Waals surface area contributed by atoms with Crippen LogP contribution in [0, 0.1) is 11.8 Å². The highest BCUT2D eigenvalue weighted by atomic mass is 79.9. The summed E-state index contributed by atoms with van der Waals surface area (Å²) in [6, 6.07) is 7.51. The van der Waals surface area contributed by atoms with Crippen LogP contribution in [0.2, 0.25) is 0 Å². The zero-order chi connectivity index (χ0) is 19.2. The predicted molar refractivity (Wildman–Crippen MR) is 107 cm³/mol. The van der Waals surface area contributed by atoms with E-state index in [1.165, 1.54) is 6.42 Å². The van der Waals surface area contributed by atoms with Crippen molar-refractivity contribution in [3.8, 4) is 0 Å². The minimum atomic E-state index is -0.655. The molecule has 0 bridgehead atoms. The Hall–Kier alpha value is -1.89. The van der Waals surface area contributed by atoms with Crippen LogP contribution in [0.3, 0.4) is 0 Å². The maximum Gasteiger partial charge on any atom is 0.239 e. The lowest BCUT2D eigenvalue weighted by Crippen LogP contribution is -2.41. The van der Waals surface area contributed by atoms with E-state index in [2.05, 4.69) is 26.6 Å². The van der Waals surface area contributed by atoms with Crippen molar-refractivity contribution >= 4 is 39.3 Å². The number of nitrogens with one attached hydrogen (secondary N) is 2. The maximum absolute atomic E-state index is 12.6. The summed E-state index contributed by atoms with van der Waals surface area (Å²) in [5.74, 6) is -0.884. The molecule has 146 valence electrons. The first-order chi connectivity index (χ1) is 13.1. The van der Waals surface area contributed by atoms with Crippen LogP contribution in [-0.2, 0) is 14.4 Å². The lowest BCUT2D eigenvalue weighted by molar-refractivity contribution is -0.132. The highest BCUT2D eigenvalue weighted by molar-refractivity contribution is 9.10. The van der Waals surface area contributed by atoms with E-state index in [1.807, 2.05) is 24.3 Å². The number of nitrogens with zero attached hydrogens (tertiary/aromatic N) is 1. The standard InChI is InChI=1S/C20H26BrN3O3/c21-15-7-4-8-16(13-15)24-12-9-17(20(24)27)19(26)23-11-10-22-18(25)14-5-2-1-3-6-14/h4,7-8,13-14,17H,1-3,5-6,9-12H2,(H,22,25)(H,23,26). The third-order valence-corrected chi connectivity index (χ3v) is 5.83. The molecule has 1 unspecified atom stereocenters. The van der Waals surface area contributed by atoms with Crippen LogP contribution in [0.1, 0.15) is 38.5 Å². The van der Waals surface area contributed by atoms with Gasteiger partial charge in [0.05, 0.1) is 0 Å². The van der Waals surface area contributed by atoms with Crippen molar-refractivity contribution in [2.24, 2.45) is 11.8 Å². The van der Waals surface area contributed by atoms with E-state index in [1.54, 1.807) is 4.90 Å². The molecule has 1 atom stereocenters. The number of hydrogen-bond acceptors (Lipinski definition) is 3. The molecule has 1 aromatic carbocycles. The summed E-state index contributed by atoms with van der Waals surface area (Å²) in [6.45, 7) is 1.28. The van der Waals surface area contributed by atoms with Crippen molar-refractivity contribution in [3.05, 3.63) is 28.7 Å². The molecule has 0 spiro atoms. The van der Waals surface area contributed by atoms with Crippen LogP contribution in [0.15, 0.2) is 28.7 Å². The highest BCUT2D eigenvalue weighted by Gasteiger charge is 2.37. The average molecular weight is 436 g/mol. The molecule has 3 amide bonds. The fourth-order valence-corrected chi connectivity index (χ4v) is 4.21. The van der Waals surface area contributed by atoms with Gasteiger partial charge in [-0.15, -0.1) is 0 Å². The second-order valence-corrected chi connectivity index (χ2v) is 8.14. The average Bonchev–Trinajstić information content (AvgIpc) is 3.07. The van der Waals surface area contributed by atoms with Crippen LogP contribution >= 0.6 is 15.9 Å². The number of hydrogen-bond donors (Lipinski definition) is 2. The molecule has 1 aliphatic carbocycles. The summed E-state index contributed by atoms with van der Waals surface area (Å²) in [4.78, 5) is 38.7. The van der Waals surface area contributed by atoms with Gasteiger partial charge in [0.2, 0.25) is 17.7 Å². The summed E-state index contributed by atoms with van der Waals surface area (Å²) >= 11 is 3.40. The zero-order valence-corrected chi connectivity index (χ0v) is 17.0. The zero-order valence-electron chi connectivity index (χ0n) is 15.4. The van der Waals surface area contributed by atoms with Gasteiger partial charge in [-0.25, -0.2) is 0 Å². The van der Waals surface area contributed by atoms with Crippen molar-refractivity contribution in [1.82, 2.24) is 10.6 Å². The van der Waals surface area contributed by atoms with Crippen molar-refractivity contribution in [1.29, 1.82) is 0 Å². The maximum atomic E-state index is 12.6. The van der Waals surface area contributed by atoms with Gasteiger partial charge in [0.15, 0.2) is 0 Å². The largest absolute Gasteiger partial charge is 0.354 e. The van der Waals surface area contributed by atoms with Gasteiger partial charge < -0.3 is 15.5 Å². The number of anilines is 1. The molecule has 6 nitrogen and oxygen atoms in total. The topological polar surface area (TPSA) is 78.5 Å². The SMILES string of the molecule is O=C(NCCNC(=O)C1CCN(c2cccc(Br)c2)C1=O)C1CCCCC1. The molecule has 2 N–H and O–H groups in total.